The summed E-state index contributed by atoms with van der Waals surface area (Å²) >= 11 is 0. The van der Waals surface area contributed by atoms with E-state index >= 15 is 0 Å². The Morgan fingerprint density at radius 2 is 2.06 bits per heavy atom. The minimum absolute atomic E-state index is 0.113. The first-order valence-corrected chi connectivity index (χ1v) is 5.49. The Morgan fingerprint density at radius 1 is 1.22 bits per heavy atom. The first kappa shape index (κ1) is 10.6. The van der Waals surface area contributed by atoms with Crippen LogP contribution >= 0.6 is 0 Å². The van der Waals surface area contributed by atoms with E-state index in [0.717, 1.165) is 11.4 Å². The van der Waals surface area contributed by atoms with E-state index in [-0.39, 0.29) is 18.2 Å². The summed E-state index contributed by atoms with van der Waals surface area (Å²) in [6.07, 6.45) is 0.638. The normalized spacial score (nSPS) is 14.0. The Hall–Kier alpha value is -2.56. The Morgan fingerprint density at radius 3 is 2.83 bits per heavy atom. The van der Waals surface area contributed by atoms with Crippen LogP contribution in [-0.2, 0) is 4.79 Å². The van der Waals surface area contributed by atoms with Gasteiger partial charge in [-0.15, -0.1) is 0 Å². The SMILES string of the molecule is O=Cc1ccc(N2CC(=O)Nc3ccccc32)o1. The third kappa shape index (κ3) is 1.66. The predicted octanol–water partition coefficient (Wildman–Crippen LogP) is 2.18. The highest BCUT2D eigenvalue weighted by Gasteiger charge is 2.24. The van der Waals surface area contributed by atoms with Gasteiger partial charge in [-0.25, -0.2) is 0 Å². The molecule has 3 rings (SSSR count). The topological polar surface area (TPSA) is 62.6 Å². The van der Waals surface area contributed by atoms with Crippen molar-refractivity contribution in [1.82, 2.24) is 0 Å². The Balaban J connectivity index is 2.06. The van der Waals surface area contributed by atoms with Gasteiger partial charge >= 0.3 is 0 Å². The van der Waals surface area contributed by atoms with Gasteiger partial charge < -0.3 is 14.6 Å². The van der Waals surface area contributed by atoms with Crippen molar-refractivity contribution >= 4 is 29.5 Å². The van der Waals surface area contributed by atoms with Crippen LogP contribution in [0.15, 0.2) is 40.8 Å². The monoisotopic (exact) mass is 242 g/mol. The van der Waals surface area contributed by atoms with Crippen LogP contribution in [0, 0.1) is 0 Å². The summed E-state index contributed by atoms with van der Waals surface area (Å²) in [4.78, 5) is 24.0. The largest absolute Gasteiger partial charge is 0.437 e. The van der Waals surface area contributed by atoms with Gasteiger partial charge in [-0.05, 0) is 18.2 Å². The van der Waals surface area contributed by atoms with Crippen LogP contribution in [0.2, 0.25) is 0 Å². The number of nitrogens with zero attached hydrogens (tertiary/aromatic N) is 1. The summed E-state index contributed by atoms with van der Waals surface area (Å²) in [5, 5.41) is 2.79. The maximum atomic E-state index is 11.6. The van der Waals surface area contributed by atoms with Crippen molar-refractivity contribution in [3.8, 4) is 0 Å². The molecule has 5 nitrogen and oxygen atoms in total. The molecule has 1 aromatic heterocycles. The van der Waals surface area contributed by atoms with Crippen LogP contribution in [0.3, 0.4) is 0 Å². The van der Waals surface area contributed by atoms with Crippen LogP contribution in [0.4, 0.5) is 17.3 Å². The fraction of sp³-hybridized carbons (Fsp3) is 0.0769. The summed E-state index contributed by atoms with van der Waals surface area (Å²) in [6.45, 7) is 0.169. The molecule has 90 valence electrons. The maximum Gasteiger partial charge on any atom is 0.244 e. The predicted molar refractivity (Wildman–Crippen MR) is 66.2 cm³/mol. The zero-order valence-electron chi connectivity index (χ0n) is 9.42. The first-order chi connectivity index (χ1) is 8.78. The third-order valence-electron chi connectivity index (χ3n) is 2.77. The number of nitrogens with one attached hydrogen (secondary N) is 1. The van der Waals surface area contributed by atoms with E-state index in [0.29, 0.717) is 12.2 Å². The number of aldehydes is 1. The van der Waals surface area contributed by atoms with Gasteiger partial charge in [0.05, 0.1) is 11.4 Å². The van der Waals surface area contributed by atoms with Gasteiger partial charge in [0.15, 0.2) is 12.0 Å². The first-order valence-electron chi connectivity index (χ1n) is 5.49. The summed E-state index contributed by atoms with van der Waals surface area (Å²) in [7, 11) is 0. The second kappa shape index (κ2) is 4.03. The fourth-order valence-corrected chi connectivity index (χ4v) is 1.98. The van der Waals surface area contributed by atoms with Gasteiger partial charge in [-0.3, -0.25) is 9.59 Å². The molecule has 1 aromatic carbocycles. The molecule has 2 heterocycles. The zero-order chi connectivity index (χ0) is 12.5. The van der Waals surface area contributed by atoms with Crippen molar-refractivity contribution in [1.29, 1.82) is 0 Å². The molecule has 1 amide bonds. The van der Waals surface area contributed by atoms with Crippen molar-refractivity contribution in [2.45, 2.75) is 0 Å². The summed E-state index contributed by atoms with van der Waals surface area (Å²) in [5.74, 6) is 0.616. The van der Waals surface area contributed by atoms with Gasteiger partial charge in [-0.2, -0.15) is 0 Å². The lowest BCUT2D eigenvalue weighted by molar-refractivity contribution is -0.115. The maximum absolute atomic E-state index is 11.6. The molecular weight excluding hydrogens is 232 g/mol. The number of carbonyl (C=O) groups excluding carboxylic acids is 2. The molecule has 0 atom stereocenters. The minimum Gasteiger partial charge on any atom is -0.437 e. The Labute approximate surface area is 103 Å². The fourth-order valence-electron chi connectivity index (χ4n) is 1.98. The zero-order valence-corrected chi connectivity index (χ0v) is 9.42. The van der Waals surface area contributed by atoms with E-state index in [1.807, 2.05) is 24.3 Å². The highest BCUT2D eigenvalue weighted by Crippen LogP contribution is 2.35. The molecule has 2 aromatic rings. The van der Waals surface area contributed by atoms with E-state index in [9.17, 15) is 9.59 Å². The molecule has 0 radical (unpaired) electrons. The van der Waals surface area contributed by atoms with Crippen molar-refractivity contribution in [3.63, 3.8) is 0 Å². The molecule has 1 aliphatic rings. The molecule has 0 saturated heterocycles. The lowest BCUT2D eigenvalue weighted by Gasteiger charge is -2.28. The standard InChI is InChI=1S/C13H10N2O3/c16-8-9-5-6-13(18-9)15-7-12(17)14-10-3-1-2-4-11(10)15/h1-6,8H,7H2,(H,14,17). The number of furan rings is 1. The van der Waals surface area contributed by atoms with E-state index < -0.39 is 0 Å². The molecule has 18 heavy (non-hydrogen) atoms. The summed E-state index contributed by atoms with van der Waals surface area (Å²) in [6, 6.07) is 10.7. The van der Waals surface area contributed by atoms with Crippen LogP contribution in [0.25, 0.3) is 0 Å². The van der Waals surface area contributed by atoms with Crippen molar-refractivity contribution < 1.29 is 14.0 Å². The third-order valence-corrected chi connectivity index (χ3v) is 2.77. The number of hydrogen-bond donors (Lipinski definition) is 1. The number of carbonyl (C=O) groups is 2. The van der Waals surface area contributed by atoms with Crippen molar-refractivity contribution in [2.24, 2.45) is 0 Å². The minimum atomic E-state index is -0.113. The van der Waals surface area contributed by atoms with Crippen molar-refractivity contribution in [2.75, 3.05) is 16.8 Å². The van der Waals surface area contributed by atoms with Gasteiger partial charge in [0.1, 0.15) is 6.54 Å². The molecule has 0 saturated carbocycles. The number of rotatable bonds is 2. The molecule has 0 bridgehead atoms. The summed E-state index contributed by atoms with van der Waals surface area (Å²) < 4.78 is 5.36. The quantitative estimate of drug-likeness (QED) is 0.820. The van der Waals surface area contributed by atoms with Gasteiger partial charge in [0, 0.05) is 6.07 Å². The number of benzene rings is 1. The number of hydrogen-bond acceptors (Lipinski definition) is 4. The average molecular weight is 242 g/mol. The van der Waals surface area contributed by atoms with Crippen LogP contribution in [-0.4, -0.2) is 18.7 Å². The molecule has 1 N–H and O–H groups in total. The highest BCUT2D eigenvalue weighted by molar-refractivity contribution is 6.02. The lowest BCUT2D eigenvalue weighted by atomic mass is 10.2. The average Bonchev–Trinajstić information content (AvgIpc) is 2.86. The molecule has 0 spiro atoms. The molecule has 1 aliphatic heterocycles. The van der Waals surface area contributed by atoms with E-state index in [4.69, 9.17) is 4.42 Å². The molecular formula is C13H10N2O3. The van der Waals surface area contributed by atoms with Crippen LogP contribution in [0.1, 0.15) is 10.6 Å². The van der Waals surface area contributed by atoms with Gasteiger partial charge in [0.2, 0.25) is 11.8 Å². The second-order valence-corrected chi connectivity index (χ2v) is 3.95. The molecule has 0 fully saturated rings. The van der Waals surface area contributed by atoms with E-state index in [1.165, 1.54) is 0 Å². The van der Waals surface area contributed by atoms with E-state index in [1.54, 1.807) is 17.0 Å². The molecule has 0 aliphatic carbocycles. The second-order valence-electron chi connectivity index (χ2n) is 3.95. The van der Waals surface area contributed by atoms with Crippen LogP contribution < -0.4 is 10.2 Å². The Kier molecular flexibility index (Phi) is 2.37. The smallest absolute Gasteiger partial charge is 0.244 e. The number of para-hydroxylation sites is 2. The molecule has 0 unspecified atom stereocenters. The van der Waals surface area contributed by atoms with Crippen molar-refractivity contribution in [3.05, 3.63) is 42.2 Å². The van der Waals surface area contributed by atoms with E-state index in [2.05, 4.69) is 5.32 Å². The van der Waals surface area contributed by atoms with Gasteiger partial charge in [0.25, 0.3) is 0 Å². The number of amides is 1. The highest BCUT2D eigenvalue weighted by atomic mass is 16.4. The Bertz CT molecular complexity index is 618. The summed E-state index contributed by atoms with van der Waals surface area (Å²) in [5.41, 5.74) is 1.58. The number of fused-ring (bicyclic) bond motifs is 1. The van der Waals surface area contributed by atoms with Gasteiger partial charge in [-0.1, -0.05) is 12.1 Å². The van der Waals surface area contributed by atoms with Crippen LogP contribution in [0.5, 0.6) is 0 Å². The number of anilines is 3. The molecule has 5 heteroatoms. The lowest BCUT2D eigenvalue weighted by Crippen LogP contribution is -2.34.